The number of nitrogens with zero attached hydrogens (tertiary/aromatic N) is 1. The predicted molar refractivity (Wildman–Crippen MR) is 80.6 cm³/mol. The first kappa shape index (κ1) is 17.0. The maximum absolute atomic E-state index is 14.3. The molecular formula is C15H23FNO2Si. The lowest BCUT2D eigenvalue weighted by Gasteiger charge is -2.38. The Balaban J connectivity index is 3.08. The molecule has 1 radical (unpaired) electrons. The van der Waals surface area contributed by atoms with Crippen LogP contribution in [0.4, 0.5) is 4.39 Å². The minimum Gasteiger partial charge on any atom is -0.409 e. The molecule has 0 saturated carbocycles. The van der Waals surface area contributed by atoms with Crippen molar-refractivity contribution < 1.29 is 13.6 Å². The summed E-state index contributed by atoms with van der Waals surface area (Å²) in [5, 5.41) is 0.0253. The van der Waals surface area contributed by atoms with Gasteiger partial charge in [-0.2, -0.15) is 0 Å². The van der Waals surface area contributed by atoms with Gasteiger partial charge in [-0.15, -0.1) is 0 Å². The van der Waals surface area contributed by atoms with E-state index in [1.54, 1.807) is 6.92 Å². The van der Waals surface area contributed by atoms with Crippen molar-refractivity contribution in [2.24, 2.45) is 0 Å². The first-order chi connectivity index (χ1) is 8.97. The molecule has 0 fully saturated rings. The van der Waals surface area contributed by atoms with Gasteiger partial charge >= 0.3 is 0 Å². The number of halogens is 1. The summed E-state index contributed by atoms with van der Waals surface area (Å²) in [6, 6.07) is 1.34. The molecule has 1 unspecified atom stereocenters. The van der Waals surface area contributed by atoms with Crippen LogP contribution in [-0.2, 0) is 4.43 Å². The minimum atomic E-state index is -2.03. The van der Waals surface area contributed by atoms with Crippen LogP contribution in [0.2, 0.25) is 18.1 Å². The fourth-order valence-corrected chi connectivity index (χ4v) is 2.98. The highest BCUT2D eigenvalue weighted by molar-refractivity contribution is 6.74. The number of Topliss-reactive ketones (excluding diaryl/α,β-unsaturated/α-hetero) is 1. The monoisotopic (exact) mass is 296 g/mol. The fourth-order valence-electron chi connectivity index (χ4n) is 1.63. The smallest absolute Gasteiger partial charge is 0.192 e. The predicted octanol–water partition coefficient (Wildman–Crippen LogP) is 4.32. The standard InChI is InChI=1S/C15H23FNO2Si/c1-10(18)12-8-9-17-14(13(12)16)11(2)19-20(6,7)15(3,4)5/h8-9,11H,1H2,2-7H3. The van der Waals surface area contributed by atoms with Crippen molar-refractivity contribution in [1.82, 2.24) is 4.98 Å². The Hall–Kier alpha value is -1.07. The third-order valence-corrected chi connectivity index (χ3v) is 8.43. The van der Waals surface area contributed by atoms with Gasteiger partial charge in [0.25, 0.3) is 0 Å². The van der Waals surface area contributed by atoms with Crippen LogP contribution in [0.3, 0.4) is 0 Å². The quantitative estimate of drug-likeness (QED) is 0.613. The molecule has 1 aromatic rings. The van der Waals surface area contributed by atoms with Crippen molar-refractivity contribution in [3.05, 3.63) is 36.3 Å². The zero-order chi connectivity index (χ0) is 15.7. The van der Waals surface area contributed by atoms with E-state index in [0.717, 1.165) is 0 Å². The molecular weight excluding hydrogens is 273 g/mol. The first-order valence-electron chi connectivity index (χ1n) is 6.66. The second-order valence-electron chi connectivity index (χ2n) is 6.50. The Labute approximate surface area is 121 Å². The Morgan fingerprint density at radius 1 is 1.45 bits per heavy atom. The Morgan fingerprint density at radius 3 is 2.45 bits per heavy atom. The molecule has 1 atom stereocenters. The van der Waals surface area contributed by atoms with E-state index >= 15 is 0 Å². The topological polar surface area (TPSA) is 39.2 Å². The van der Waals surface area contributed by atoms with Gasteiger partial charge in [0.05, 0.1) is 11.7 Å². The second-order valence-corrected chi connectivity index (χ2v) is 11.3. The molecule has 3 nitrogen and oxygen atoms in total. The SMILES string of the molecule is [CH2]C(=O)c1ccnc(C(C)O[Si](C)(C)C(C)(C)C)c1F. The van der Waals surface area contributed by atoms with Crippen molar-refractivity contribution in [2.75, 3.05) is 0 Å². The van der Waals surface area contributed by atoms with Crippen molar-refractivity contribution in [2.45, 2.75) is 51.9 Å². The van der Waals surface area contributed by atoms with Crippen molar-refractivity contribution in [3.8, 4) is 0 Å². The van der Waals surface area contributed by atoms with Crippen LogP contribution in [0.1, 0.15) is 49.9 Å². The van der Waals surface area contributed by atoms with Gasteiger partial charge in [0.1, 0.15) is 5.69 Å². The number of ketones is 1. The summed E-state index contributed by atoms with van der Waals surface area (Å²) in [6.45, 7) is 15.6. The van der Waals surface area contributed by atoms with Gasteiger partial charge in [-0.25, -0.2) is 4.39 Å². The maximum atomic E-state index is 14.3. The van der Waals surface area contributed by atoms with E-state index < -0.39 is 26.0 Å². The fraction of sp³-hybridized carbons (Fsp3) is 0.533. The van der Waals surface area contributed by atoms with Crippen LogP contribution < -0.4 is 0 Å². The summed E-state index contributed by atoms with van der Waals surface area (Å²) in [5.74, 6) is -1.18. The van der Waals surface area contributed by atoms with Crippen LogP contribution in [0.15, 0.2) is 12.3 Å². The average Bonchev–Trinajstić information content (AvgIpc) is 2.26. The van der Waals surface area contributed by atoms with E-state index in [1.807, 2.05) is 0 Å². The Bertz CT molecular complexity index is 509. The van der Waals surface area contributed by atoms with Gasteiger partial charge in [0, 0.05) is 13.1 Å². The van der Waals surface area contributed by atoms with Crippen LogP contribution in [0.25, 0.3) is 0 Å². The lowest BCUT2D eigenvalue weighted by Crippen LogP contribution is -2.41. The average molecular weight is 296 g/mol. The lowest BCUT2D eigenvalue weighted by atomic mass is 10.1. The number of aromatic nitrogens is 1. The van der Waals surface area contributed by atoms with Gasteiger partial charge < -0.3 is 4.43 Å². The molecule has 0 aliphatic rings. The molecule has 0 spiro atoms. The second kappa shape index (κ2) is 5.74. The lowest BCUT2D eigenvalue weighted by molar-refractivity contribution is 0.103. The highest BCUT2D eigenvalue weighted by Gasteiger charge is 2.39. The number of pyridine rings is 1. The molecule has 0 aliphatic carbocycles. The van der Waals surface area contributed by atoms with Crippen LogP contribution in [0.5, 0.6) is 0 Å². The molecule has 0 saturated heterocycles. The number of carbonyl (C=O) groups excluding carboxylic acids is 1. The molecule has 0 N–H and O–H groups in total. The number of hydrogen-bond acceptors (Lipinski definition) is 3. The van der Waals surface area contributed by atoms with Crippen molar-refractivity contribution >= 4 is 14.1 Å². The van der Waals surface area contributed by atoms with Crippen molar-refractivity contribution in [3.63, 3.8) is 0 Å². The van der Waals surface area contributed by atoms with Gasteiger partial charge in [0.2, 0.25) is 0 Å². The van der Waals surface area contributed by atoms with Crippen LogP contribution in [-0.4, -0.2) is 19.1 Å². The zero-order valence-corrected chi connectivity index (χ0v) is 14.1. The van der Waals surface area contributed by atoms with Crippen molar-refractivity contribution in [1.29, 1.82) is 0 Å². The number of rotatable bonds is 4. The Kier molecular flexibility index (Phi) is 4.87. The maximum Gasteiger partial charge on any atom is 0.192 e. The molecule has 0 bridgehead atoms. The molecule has 111 valence electrons. The highest BCUT2D eigenvalue weighted by atomic mass is 28.4. The number of carbonyl (C=O) groups is 1. The van der Waals surface area contributed by atoms with Gasteiger partial charge in [-0.3, -0.25) is 9.78 Å². The summed E-state index contributed by atoms with van der Waals surface area (Å²) < 4.78 is 20.4. The first-order valence-corrected chi connectivity index (χ1v) is 9.56. The minimum absolute atomic E-state index is 0.0253. The molecule has 1 aromatic heterocycles. The molecule has 5 heteroatoms. The van der Waals surface area contributed by atoms with E-state index in [1.165, 1.54) is 12.3 Å². The van der Waals surface area contributed by atoms with E-state index in [9.17, 15) is 9.18 Å². The van der Waals surface area contributed by atoms with Crippen LogP contribution in [0, 0.1) is 12.7 Å². The van der Waals surface area contributed by atoms with E-state index in [2.05, 4.69) is 45.8 Å². The largest absolute Gasteiger partial charge is 0.409 e. The summed E-state index contributed by atoms with van der Waals surface area (Å²) in [6.07, 6.45) is 0.928. The summed E-state index contributed by atoms with van der Waals surface area (Å²) >= 11 is 0. The van der Waals surface area contributed by atoms with E-state index in [0.29, 0.717) is 0 Å². The van der Waals surface area contributed by atoms with Gasteiger partial charge in [0.15, 0.2) is 19.9 Å². The van der Waals surface area contributed by atoms with E-state index in [-0.39, 0.29) is 16.3 Å². The molecule has 0 amide bonds. The summed E-state index contributed by atoms with van der Waals surface area (Å²) in [5.41, 5.74) is 0.130. The number of hydrogen-bond donors (Lipinski definition) is 0. The van der Waals surface area contributed by atoms with Crippen LogP contribution >= 0.6 is 0 Å². The van der Waals surface area contributed by atoms with Gasteiger partial charge in [-0.1, -0.05) is 20.8 Å². The molecule has 0 aromatic carbocycles. The molecule has 0 aliphatic heterocycles. The summed E-state index contributed by atoms with van der Waals surface area (Å²) in [7, 11) is -2.03. The third kappa shape index (κ3) is 3.52. The third-order valence-electron chi connectivity index (χ3n) is 3.88. The molecule has 1 rings (SSSR count). The van der Waals surface area contributed by atoms with E-state index in [4.69, 9.17) is 4.43 Å². The van der Waals surface area contributed by atoms with Gasteiger partial charge in [-0.05, 0) is 31.1 Å². The summed E-state index contributed by atoms with van der Waals surface area (Å²) in [4.78, 5) is 15.3. The Morgan fingerprint density at radius 2 is 2.00 bits per heavy atom. The molecule has 20 heavy (non-hydrogen) atoms. The molecule has 1 heterocycles. The normalized spacial score (nSPS) is 14.2. The highest BCUT2D eigenvalue weighted by Crippen LogP contribution is 2.39. The zero-order valence-electron chi connectivity index (χ0n) is 13.1.